The minimum Gasteiger partial charge on any atom is -0.370 e. The summed E-state index contributed by atoms with van der Waals surface area (Å²) in [5.41, 5.74) is 6.09. The molecule has 0 spiro atoms. The van der Waals surface area contributed by atoms with Crippen molar-refractivity contribution >= 4 is 0 Å². The highest BCUT2D eigenvalue weighted by molar-refractivity contribution is 5.07. The monoisotopic (exact) mass is 221 g/mol. The predicted octanol–water partition coefficient (Wildman–Crippen LogP) is 1.06. The summed E-state index contributed by atoms with van der Waals surface area (Å²) in [5, 5.41) is 0. The van der Waals surface area contributed by atoms with Crippen LogP contribution in [0.2, 0.25) is 0 Å². The van der Waals surface area contributed by atoms with Crippen molar-refractivity contribution in [2.45, 2.75) is 12.2 Å². The van der Waals surface area contributed by atoms with Crippen molar-refractivity contribution in [2.24, 2.45) is 5.73 Å². The van der Waals surface area contributed by atoms with Gasteiger partial charge in [-0.2, -0.15) is 13.2 Å². The van der Waals surface area contributed by atoms with Crippen LogP contribution in [0.5, 0.6) is 0 Å². The average Bonchev–Trinajstić information content (AvgIpc) is 2.17. The molecule has 2 N–H and O–H groups in total. The largest absolute Gasteiger partial charge is 0.411 e. The summed E-state index contributed by atoms with van der Waals surface area (Å²) in [5.74, 6) is 0. The van der Waals surface area contributed by atoms with E-state index in [-0.39, 0.29) is 6.61 Å². The van der Waals surface area contributed by atoms with Gasteiger partial charge in [0.25, 0.3) is 0 Å². The van der Waals surface area contributed by atoms with Crippen LogP contribution in [0.15, 0.2) is 18.7 Å². The minimum atomic E-state index is -4.33. The highest BCUT2D eigenvalue weighted by atomic mass is 19.4. The normalized spacial score (nSPS) is 13.9. The summed E-state index contributed by atoms with van der Waals surface area (Å²) in [4.78, 5) is 7.39. The maximum absolute atomic E-state index is 11.7. The van der Waals surface area contributed by atoms with Gasteiger partial charge in [-0.15, -0.1) is 0 Å². The van der Waals surface area contributed by atoms with Gasteiger partial charge < -0.3 is 10.5 Å². The fourth-order valence-corrected chi connectivity index (χ4v) is 0.900. The Balaban J connectivity index is 2.34. The van der Waals surface area contributed by atoms with E-state index >= 15 is 0 Å². The van der Waals surface area contributed by atoms with E-state index in [1.54, 1.807) is 0 Å². The van der Waals surface area contributed by atoms with E-state index in [2.05, 4.69) is 14.7 Å². The smallest absolute Gasteiger partial charge is 0.370 e. The van der Waals surface area contributed by atoms with E-state index in [0.717, 1.165) is 0 Å². The molecule has 0 fully saturated rings. The molecule has 7 heteroatoms. The first-order valence-corrected chi connectivity index (χ1v) is 4.14. The maximum Gasteiger partial charge on any atom is 0.411 e. The first kappa shape index (κ1) is 11.9. The molecule has 1 atom stereocenters. The number of halogens is 3. The number of rotatable bonds is 4. The molecule has 1 heterocycles. The van der Waals surface area contributed by atoms with Crippen molar-refractivity contribution in [3.05, 3.63) is 24.3 Å². The van der Waals surface area contributed by atoms with Gasteiger partial charge in [-0.05, 0) is 0 Å². The molecular formula is C8H10F3N3O. The molecule has 0 aliphatic rings. The highest BCUT2D eigenvalue weighted by Crippen LogP contribution is 2.15. The van der Waals surface area contributed by atoms with Crippen molar-refractivity contribution in [1.29, 1.82) is 0 Å². The first-order chi connectivity index (χ1) is 6.99. The molecule has 0 radical (unpaired) electrons. The van der Waals surface area contributed by atoms with E-state index in [0.29, 0.717) is 5.56 Å². The molecule has 84 valence electrons. The zero-order chi connectivity index (χ0) is 11.3. The number of hydrogen-bond donors (Lipinski definition) is 1. The summed E-state index contributed by atoms with van der Waals surface area (Å²) in [6, 6.07) is -0.645. The van der Waals surface area contributed by atoms with Crippen LogP contribution in [-0.4, -0.2) is 29.4 Å². The molecule has 0 saturated heterocycles. The van der Waals surface area contributed by atoms with Crippen LogP contribution in [0.25, 0.3) is 0 Å². The second kappa shape index (κ2) is 5.04. The number of ether oxygens (including phenoxy) is 1. The molecule has 15 heavy (non-hydrogen) atoms. The lowest BCUT2D eigenvalue weighted by molar-refractivity contribution is -0.174. The van der Waals surface area contributed by atoms with Crippen LogP contribution < -0.4 is 5.73 Å². The lowest BCUT2D eigenvalue weighted by atomic mass is 10.2. The molecule has 1 unspecified atom stereocenters. The molecule has 0 aliphatic heterocycles. The van der Waals surface area contributed by atoms with Gasteiger partial charge in [0.15, 0.2) is 0 Å². The lowest BCUT2D eigenvalue weighted by Gasteiger charge is -2.12. The SMILES string of the molecule is NC(COCC(F)(F)F)c1cncnc1. The van der Waals surface area contributed by atoms with E-state index in [1.165, 1.54) is 18.7 Å². The molecular weight excluding hydrogens is 211 g/mol. The predicted molar refractivity (Wildman–Crippen MR) is 45.8 cm³/mol. The standard InChI is InChI=1S/C8H10F3N3O/c9-8(10,11)4-15-3-7(12)6-1-13-5-14-2-6/h1-2,5,7H,3-4,12H2. The molecule has 0 amide bonds. The van der Waals surface area contributed by atoms with Crippen LogP contribution in [-0.2, 0) is 4.74 Å². The Labute approximate surface area is 84.3 Å². The van der Waals surface area contributed by atoms with Gasteiger partial charge in [0.2, 0.25) is 0 Å². The van der Waals surface area contributed by atoms with Gasteiger partial charge in [0.1, 0.15) is 12.9 Å². The van der Waals surface area contributed by atoms with Crippen molar-refractivity contribution in [1.82, 2.24) is 9.97 Å². The van der Waals surface area contributed by atoms with Crippen LogP contribution in [0.1, 0.15) is 11.6 Å². The molecule has 1 aromatic heterocycles. The number of aromatic nitrogens is 2. The average molecular weight is 221 g/mol. The van der Waals surface area contributed by atoms with Crippen LogP contribution in [0.4, 0.5) is 13.2 Å². The molecule has 0 saturated carbocycles. The first-order valence-electron chi connectivity index (χ1n) is 4.14. The molecule has 0 aliphatic carbocycles. The van der Waals surface area contributed by atoms with E-state index in [4.69, 9.17) is 5.73 Å². The third-order valence-corrected chi connectivity index (χ3v) is 1.57. The van der Waals surface area contributed by atoms with Crippen molar-refractivity contribution in [3.63, 3.8) is 0 Å². The zero-order valence-corrected chi connectivity index (χ0v) is 7.74. The summed E-state index contributed by atoms with van der Waals surface area (Å²) in [6.45, 7) is -1.51. The Kier molecular flexibility index (Phi) is 3.98. The Hall–Kier alpha value is -1.21. The van der Waals surface area contributed by atoms with Crippen molar-refractivity contribution in [2.75, 3.05) is 13.2 Å². The lowest BCUT2D eigenvalue weighted by Crippen LogP contribution is -2.23. The fourth-order valence-electron chi connectivity index (χ4n) is 0.900. The summed E-state index contributed by atoms with van der Waals surface area (Å²) in [6.07, 6.45) is -0.136. The summed E-state index contributed by atoms with van der Waals surface area (Å²) in [7, 11) is 0. The Morgan fingerprint density at radius 2 is 1.93 bits per heavy atom. The Morgan fingerprint density at radius 3 is 2.47 bits per heavy atom. The maximum atomic E-state index is 11.7. The molecule has 0 bridgehead atoms. The van der Waals surface area contributed by atoms with Gasteiger partial charge in [-0.25, -0.2) is 9.97 Å². The van der Waals surface area contributed by atoms with Crippen LogP contribution in [0, 0.1) is 0 Å². The number of alkyl halides is 3. The topological polar surface area (TPSA) is 61.0 Å². The number of nitrogens with zero attached hydrogens (tertiary/aromatic N) is 2. The van der Waals surface area contributed by atoms with Crippen molar-refractivity contribution in [3.8, 4) is 0 Å². The zero-order valence-electron chi connectivity index (χ0n) is 7.74. The van der Waals surface area contributed by atoms with E-state index < -0.39 is 18.8 Å². The molecule has 1 aromatic rings. The van der Waals surface area contributed by atoms with Crippen molar-refractivity contribution < 1.29 is 17.9 Å². The van der Waals surface area contributed by atoms with E-state index in [1.807, 2.05) is 0 Å². The van der Waals surface area contributed by atoms with Gasteiger partial charge in [0, 0.05) is 18.0 Å². The minimum absolute atomic E-state index is 0.215. The summed E-state index contributed by atoms with van der Waals surface area (Å²) < 4.78 is 39.6. The van der Waals surface area contributed by atoms with E-state index in [9.17, 15) is 13.2 Å². The Morgan fingerprint density at radius 1 is 1.33 bits per heavy atom. The molecule has 0 aromatic carbocycles. The molecule has 4 nitrogen and oxygen atoms in total. The van der Waals surface area contributed by atoms with Crippen LogP contribution in [0.3, 0.4) is 0 Å². The number of hydrogen-bond acceptors (Lipinski definition) is 4. The third kappa shape index (κ3) is 4.71. The highest BCUT2D eigenvalue weighted by Gasteiger charge is 2.27. The number of nitrogens with two attached hydrogens (primary N) is 1. The molecule has 1 rings (SSSR count). The second-order valence-corrected chi connectivity index (χ2v) is 2.91. The third-order valence-electron chi connectivity index (χ3n) is 1.57. The van der Waals surface area contributed by atoms with Gasteiger partial charge in [-0.1, -0.05) is 0 Å². The van der Waals surface area contributed by atoms with Gasteiger partial charge in [-0.3, -0.25) is 0 Å². The summed E-state index contributed by atoms with van der Waals surface area (Å²) >= 11 is 0. The van der Waals surface area contributed by atoms with Gasteiger partial charge in [0.05, 0.1) is 12.6 Å². The fraction of sp³-hybridized carbons (Fsp3) is 0.500. The van der Waals surface area contributed by atoms with Crippen LogP contribution >= 0.6 is 0 Å². The quantitative estimate of drug-likeness (QED) is 0.825. The second-order valence-electron chi connectivity index (χ2n) is 2.91. The van der Waals surface area contributed by atoms with Gasteiger partial charge >= 0.3 is 6.18 Å². The Bertz CT molecular complexity index is 291.